The summed E-state index contributed by atoms with van der Waals surface area (Å²) in [4.78, 5) is 11.8. The lowest BCUT2D eigenvalue weighted by atomic mass is 10.2. The molecule has 0 heterocycles. The highest BCUT2D eigenvalue weighted by Crippen LogP contribution is 1.90. The summed E-state index contributed by atoms with van der Waals surface area (Å²) in [5.74, 6) is 0. The molecule has 0 aromatic carbocycles. The molecule has 4 nitrogen and oxygen atoms in total. The highest BCUT2D eigenvalue weighted by molar-refractivity contribution is 5.45. The van der Waals surface area contributed by atoms with Crippen LogP contribution in [0.4, 0.5) is 0 Å². The average molecular weight is 160 g/mol. The van der Waals surface area contributed by atoms with Crippen LogP contribution in [0.3, 0.4) is 0 Å². The predicted octanol–water partition coefficient (Wildman–Crippen LogP) is -0.955. The van der Waals surface area contributed by atoms with Gasteiger partial charge in [0.15, 0.2) is 0 Å². The van der Waals surface area contributed by atoms with Crippen LogP contribution < -0.4 is 5.32 Å². The Kier molecular flexibility index (Phi) is 5.78. The van der Waals surface area contributed by atoms with Gasteiger partial charge in [0.2, 0.25) is 6.41 Å². The van der Waals surface area contributed by atoms with E-state index in [1.165, 1.54) is 0 Å². The number of rotatable bonds is 6. The van der Waals surface area contributed by atoms with E-state index in [2.05, 4.69) is 5.32 Å². The van der Waals surface area contributed by atoms with E-state index in [1.54, 1.807) is 0 Å². The zero-order valence-corrected chi connectivity index (χ0v) is 7.08. The van der Waals surface area contributed by atoms with Crippen molar-refractivity contribution in [3.05, 3.63) is 0 Å². The van der Waals surface area contributed by atoms with E-state index >= 15 is 0 Å². The quantitative estimate of drug-likeness (QED) is 0.492. The van der Waals surface area contributed by atoms with Crippen molar-refractivity contribution in [3.63, 3.8) is 0 Å². The van der Waals surface area contributed by atoms with Crippen molar-refractivity contribution in [1.29, 1.82) is 0 Å². The summed E-state index contributed by atoms with van der Waals surface area (Å²) >= 11 is 0. The monoisotopic (exact) mass is 160 g/mol. The molecule has 0 bridgehead atoms. The molecule has 11 heavy (non-hydrogen) atoms. The second-order valence-electron chi connectivity index (χ2n) is 2.77. The molecule has 0 rings (SSSR count). The number of carbonyl (C=O) groups is 1. The van der Waals surface area contributed by atoms with Crippen LogP contribution in [0.5, 0.6) is 0 Å². The maximum Gasteiger partial charge on any atom is 0.207 e. The van der Waals surface area contributed by atoms with Crippen LogP contribution in [-0.4, -0.2) is 49.7 Å². The van der Waals surface area contributed by atoms with Crippen molar-refractivity contribution in [2.24, 2.45) is 0 Å². The van der Waals surface area contributed by atoms with Gasteiger partial charge in [-0.1, -0.05) is 0 Å². The van der Waals surface area contributed by atoms with Gasteiger partial charge in [-0.2, -0.15) is 0 Å². The van der Waals surface area contributed by atoms with Crippen LogP contribution in [0.25, 0.3) is 0 Å². The minimum atomic E-state index is -0.428. The fourth-order valence-corrected chi connectivity index (χ4v) is 0.693. The summed E-state index contributed by atoms with van der Waals surface area (Å²) in [6.07, 6.45) is 0.856. The highest BCUT2D eigenvalue weighted by atomic mass is 16.3. The molecular weight excluding hydrogens is 144 g/mol. The summed E-state index contributed by atoms with van der Waals surface area (Å²) in [7, 11) is 3.89. The Morgan fingerprint density at radius 1 is 1.64 bits per heavy atom. The molecule has 1 unspecified atom stereocenters. The van der Waals surface area contributed by atoms with E-state index in [4.69, 9.17) is 0 Å². The fourth-order valence-electron chi connectivity index (χ4n) is 0.693. The standard InChI is InChI=1S/C7H16N2O2/c1-9(2)4-3-7(11)5-8-6-10/h6-7,11H,3-5H2,1-2H3,(H,8,10). The summed E-state index contributed by atoms with van der Waals surface area (Å²) in [6.45, 7) is 1.18. The van der Waals surface area contributed by atoms with Crippen LogP contribution in [-0.2, 0) is 4.79 Å². The van der Waals surface area contributed by atoms with E-state index in [1.807, 2.05) is 19.0 Å². The lowest BCUT2D eigenvalue weighted by Gasteiger charge is -2.13. The van der Waals surface area contributed by atoms with Gasteiger partial charge >= 0.3 is 0 Å². The average Bonchev–Trinajstić information content (AvgIpc) is 1.97. The Bertz CT molecular complexity index is 107. The van der Waals surface area contributed by atoms with E-state index in [-0.39, 0.29) is 0 Å². The van der Waals surface area contributed by atoms with Gasteiger partial charge in [-0.05, 0) is 20.5 Å². The molecule has 1 atom stereocenters. The van der Waals surface area contributed by atoms with Gasteiger partial charge in [0.1, 0.15) is 0 Å². The fraction of sp³-hybridized carbons (Fsp3) is 0.857. The summed E-state index contributed by atoms with van der Waals surface area (Å²) in [6, 6.07) is 0. The van der Waals surface area contributed by atoms with Gasteiger partial charge in [-0.15, -0.1) is 0 Å². The number of nitrogens with zero attached hydrogens (tertiary/aromatic N) is 1. The first-order valence-corrected chi connectivity index (χ1v) is 3.66. The van der Waals surface area contributed by atoms with Gasteiger partial charge in [-0.25, -0.2) is 0 Å². The second-order valence-corrected chi connectivity index (χ2v) is 2.77. The van der Waals surface area contributed by atoms with Crippen LogP contribution in [0.15, 0.2) is 0 Å². The molecule has 0 saturated heterocycles. The van der Waals surface area contributed by atoms with Gasteiger partial charge in [0.05, 0.1) is 6.10 Å². The largest absolute Gasteiger partial charge is 0.391 e. The van der Waals surface area contributed by atoms with Gasteiger partial charge in [0, 0.05) is 13.1 Å². The van der Waals surface area contributed by atoms with Crippen molar-refractivity contribution in [1.82, 2.24) is 10.2 Å². The zero-order valence-electron chi connectivity index (χ0n) is 7.08. The maximum atomic E-state index is 9.81. The minimum absolute atomic E-state index is 0.345. The molecule has 0 fully saturated rings. The SMILES string of the molecule is CN(C)CCC(O)CNC=O. The maximum absolute atomic E-state index is 9.81. The number of carbonyl (C=O) groups excluding carboxylic acids is 1. The number of hydrogen-bond acceptors (Lipinski definition) is 3. The normalized spacial score (nSPS) is 13.1. The van der Waals surface area contributed by atoms with E-state index in [9.17, 15) is 9.90 Å². The Morgan fingerprint density at radius 2 is 2.27 bits per heavy atom. The third-order valence-electron chi connectivity index (χ3n) is 1.35. The van der Waals surface area contributed by atoms with Crippen LogP contribution in [0.1, 0.15) is 6.42 Å². The van der Waals surface area contributed by atoms with Crippen molar-refractivity contribution in [2.75, 3.05) is 27.2 Å². The highest BCUT2D eigenvalue weighted by Gasteiger charge is 2.02. The molecule has 0 aliphatic carbocycles. The molecule has 1 amide bonds. The number of aliphatic hydroxyl groups excluding tert-OH is 1. The molecule has 0 saturated carbocycles. The first-order chi connectivity index (χ1) is 5.16. The Morgan fingerprint density at radius 3 is 2.73 bits per heavy atom. The molecule has 0 radical (unpaired) electrons. The number of amides is 1. The third-order valence-corrected chi connectivity index (χ3v) is 1.35. The van der Waals surface area contributed by atoms with Crippen molar-refractivity contribution >= 4 is 6.41 Å². The molecular formula is C7H16N2O2. The van der Waals surface area contributed by atoms with Crippen molar-refractivity contribution in [2.45, 2.75) is 12.5 Å². The molecule has 0 aliphatic heterocycles. The topological polar surface area (TPSA) is 52.6 Å². The van der Waals surface area contributed by atoms with E-state index in [0.717, 1.165) is 6.54 Å². The predicted molar refractivity (Wildman–Crippen MR) is 43.2 cm³/mol. The summed E-state index contributed by atoms with van der Waals surface area (Å²) < 4.78 is 0. The smallest absolute Gasteiger partial charge is 0.207 e. The molecule has 2 N–H and O–H groups in total. The van der Waals surface area contributed by atoms with Gasteiger partial charge in [0.25, 0.3) is 0 Å². The number of nitrogens with one attached hydrogen (secondary N) is 1. The first kappa shape index (κ1) is 10.4. The molecule has 0 aromatic heterocycles. The molecule has 0 spiro atoms. The lowest BCUT2D eigenvalue weighted by Crippen LogP contribution is -2.28. The molecule has 0 aromatic rings. The Labute approximate surface area is 67.2 Å². The van der Waals surface area contributed by atoms with Gasteiger partial charge < -0.3 is 15.3 Å². The Hall–Kier alpha value is -0.610. The molecule has 0 aliphatic rings. The zero-order chi connectivity index (χ0) is 8.69. The minimum Gasteiger partial charge on any atom is -0.391 e. The van der Waals surface area contributed by atoms with Crippen molar-refractivity contribution in [3.8, 4) is 0 Å². The third kappa shape index (κ3) is 7.29. The second kappa shape index (κ2) is 6.12. The van der Waals surface area contributed by atoms with Crippen molar-refractivity contribution < 1.29 is 9.90 Å². The lowest BCUT2D eigenvalue weighted by molar-refractivity contribution is -0.110. The Balaban J connectivity index is 3.21. The van der Waals surface area contributed by atoms with E-state index in [0.29, 0.717) is 19.4 Å². The number of hydrogen-bond donors (Lipinski definition) is 2. The van der Waals surface area contributed by atoms with Gasteiger partial charge in [-0.3, -0.25) is 4.79 Å². The van der Waals surface area contributed by atoms with Crippen LogP contribution in [0.2, 0.25) is 0 Å². The van der Waals surface area contributed by atoms with Crippen LogP contribution >= 0.6 is 0 Å². The number of aliphatic hydroxyl groups is 1. The molecule has 4 heteroatoms. The van der Waals surface area contributed by atoms with Crippen LogP contribution in [0, 0.1) is 0 Å². The summed E-state index contributed by atoms with van der Waals surface area (Å²) in [5.41, 5.74) is 0. The molecule has 66 valence electrons. The first-order valence-electron chi connectivity index (χ1n) is 3.66. The van der Waals surface area contributed by atoms with E-state index < -0.39 is 6.10 Å². The summed E-state index contributed by atoms with van der Waals surface area (Å²) in [5, 5.41) is 11.6.